The van der Waals surface area contributed by atoms with E-state index in [2.05, 4.69) is 4.72 Å². The fraction of sp³-hybridized carbons (Fsp3) is 0.500. The van der Waals surface area contributed by atoms with Gasteiger partial charge in [0.2, 0.25) is 10.0 Å². The van der Waals surface area contributed by atoms with Gasteiger partial charge in [0.1, 0.15) is 0 Å². The minimum absolute atomic E-state index is 0.209. The highest BCUT2D eigenvalue weighted by Gasteiger charge is 2.23. The Morgan fingerprint density at radius 1 is 1.44 bits per heavy atom. The van der Waals surface area contributed by atoms with Crippen molar-refractivity contribution in [1.82, 2.24) is 4.72 Å². The zero-order valence-corrected chi connectivity index (χ0v) is 11.8. The summed E-state index contributed by atoms with van der Waals surface area (Å²) in [6, 6.07) is 2.99. The molecule has 4 nitrogen and oxygen atoms in total. The van der Waals surface area contributed by atoms with E-state index in [9.17, 15) is 8.42 Å². The van der Waals surface area contributed by atoms with Crippen molar-refractivity contribution >= 4 is 27.3 Å². The van der Waals surface area contributed by atoms with E-state index in [4.69, 9.17) is 17.3 Å². The maximum absolute atomic E-state index is 12.1. The van der Waals surface area contributed by atoms with Crippen molar-refractivity contribution in [3.05, 3.63) is 22.7 Å². The van der Waals surface area contributed by atoms with Crippen LogP contribution in [-0.2, 0) is 10.0 Å². The third-order valence-corrected chi connectivity index (χ3v) is 5.06. The van der Waals surface area contributed by atoms with Gasteiger partial charge in [-0.2, -0.15) is 0 Å². The number of benzene rings is 1. The van der Waals surface area contributed by atoms with Crippen molar-refractivity contribution in [3.8, 4) is 0 Å². The van der Waals surface area contributed by atoms with Gasteiger partial charge in [-0.3, -0.25) is 0 Å². The van der Waals surface area contributed by atoms with Gasteiger partial charge >= 0.3 is 0 Å². The Labute approximate surface area is 113 Å². The van der Waals surface area contributed by atoms with Crippen molar-refractivity contribution in [2.45, 2.75) is 31.1 Å². The van der Waals surface area contributed by atoms with Crippen LogP contribution in [0.25, 0.3) is 0 Å². The average molecular weight is 289 g/mol. The third-order valence-electron chi connectivity index (χ3n) is 3.13. The molecule has 2 rings (SSSR count). The van der Waals surface area contributed by atoms with Gasteiger partial charge in [-0.25, -0.2) is 13.1 Å². The van der Waals surface area contributed by atoms with Crippen molar-refractivity contribution in [3.63, 3.8) is 0 Å². The van der Waals surface area contributed by atoms with Crippen molar-refractivity contribution < 1.29 is 8.42 Å². The van der Waals surface area contributed by atoms with E-state index in [1.165, 1.54) is 18.9 Å². The van der Waals surface area contributed by atoms with E-state index >= 15 is 0 Å². The van der Waals surface area contributed by atoms with Crippen LogP contribution in [-0.4, -0.2) is 15.0 Å². The number of nitrogens with two attached hydrogens (primary N) is 1. The lowest BCUT2D eigenvalue weighted by Gasteiger charge is -2.10. The molecule has 0 saturated heterocycles. The lowest BCUT2D eigenvalue weighted by atomic mass is 10.2. The van der Waals surface area contributed by atoms with Crippen LogP contribution in [0.4, 0.5) is 5.69 Å². The highest BCUT2D eigenvalue weighted by Crippen LogP contribution is 2.32. The lowest BCUT2D eigenvalue weighted by Crippen LogP contribution is -2.26. The molecule has 0 radical (unpaired) electrons. The molecule has 6 heteroatoms. The maximum atomic E-state index is 12.1. The van der Waals surface area contributed by atoms with Gasteiger partial charge in [0, 0.05) is 6.54 Å². The summed E-state index contributed by atoms with van der Waals surface area (Å²) < 4.78 is 26.8. The Hall–Kier alpha value is -0.780. The molecule has 1 aromatic carbocycles. The van der Waals surface area contributed by atoms with E-state index in [-0.39, 0.29) is 10.6 Å². The number of halogens is 1. The second-order valence-electron chi connectivity index (χ2n) is 4.77. The average Bonchev–Trinajstić information content (AvgIpc) is 3.07. The third kappa shape index (κ3) is 3.16. The fourth-order valence-electron chi connectivity index (χ4n) is 1.84. The van der Waals surface area contributed by atoms with Crippen LogP contribution in [0.3, 0.4) is 0 Å². The van der Waals surface area contributed by atoms with E-state index in [0.29, 0.717) is 23.0 Å². The molecule has 0 aliphatic heterocycles. The van der Waals surface area contributed by atoms with Crippen LogP contribution in [0.1, 0.15) is 24.8 Å². The summed E-state index contributed by atoms with van der Waals surface area (Å²) in [6.45, 7) is 2.19. The summed E-state index contributed by atoms with van der Waals surface area (Å²) in [5.41, 5.74) is 6.54. The lowest BCUT2D eigenvalue weighted by molar-refractivity contribution is 0.574. The van der Waals surface area contributed by atoms with Crippen LogP contribution >= 0.6 is 11.6 Å². The van der Waals surface area contributed by atoms with Crippen molar-refractivity contribution in [1.29, 1.82) is 0 Å². The predicted molar refractivity (Wildman–Crippen MR) is 73.1 cm³/mol. The quantitative estimate of drug-likeness (QED) is 0.817. The van der Waals surface area contributed by atoms with E-state index in [1.807, 2.05) is 0 Å². The molecule has 0 spiro atoms. The second kappa shape index (κ2) is 5.07. The molecule has 100 valence electrons. The molecule has 18 heavy (non-hydrogen) atoms. The Morgan fingerprint density at radius 3 is 2.72 bits per heavy atom. The summed E-state index contributed by atoms with van der Waals surface area (Å²) in [4.78, 5) is 0.209. The van der Waals surface area contributed by atoms with E-state index in [1.54, 1.807) is 13.0 Å². The van der Waals surface area contributed by atoms with Crippen LogP contribution in [0.15, 0.2) is 17.0 Å². The van der Waals surface area contributed by atoms with Gasteiger partial charge in [-0.1, -0.05) is 24.4 Å². The monoisotopic (exact) mass is 288 g/mol. The highest BCUT2D eigenvalue weighted by atomic mass is 35.5. The van der Waals surface area contributed by atoms with Gasteiger partial charge in [0.05, 0.1) is 15.6 Å². The minimum atomic E-state index is -3.49. The zero-order valence-electron chi connectivity index (χ0n) is 10.2. The smallest absolute Gasteiger partial charge is 0.240 e. The van der Waals surface area contributed by atoms with Crippen LogP contribution in [0, 0.1) is 12.8 Å². The molecule has 0 atom stereocenters. The molecule has 1 saturated carbocycles. The Morgan fingerprint density at radius 2 is 2.11 bits per heavy atom. The normalized spacial score (nSPS) is 15.9. The SMILES string of the molecule is Cc1cc(Cl)c(N)cc1S(=O)(=O)NCCC1CC1. The largest absolute Gasteiger partial charge is 0.397 e. The molecule has 1 aromatic rings. The van der Waals surface area contributed by atoms with E-state index < -0.39 is 10.0 Å². The molecule has 0 heterocycles. The zero-order chi connectivity index (χ0) is 13.3. The molecule has 1 fully saturated rings. The first kappa shape index (κ1) is 13.6. The first-order valence-corrected chi connectivity index (χ1v) is 7.81. The Bertz CT molecular complexity index is 553. The number of sulfonamides is 1. The second-order valence-corrected chi connectivity index (χ2v) is 6.91. The highest BCUT2D eigenvalue weighted by molar-refractivity contribution is 7.89. The van der Waals surface area contributed by atoms with Gasteiger partial charge in [0.15, 0.2) is 0 Å². The molecule has 0 amide bonds. The molecular weight excluding hydrogens is 272 g/mol. The first-order chi connectivity index (χ1) is 8.40. The molecule has 0 unspecified atom stereocenters. The fourth-order valence-corrected chi connectivity index (χ4v) is 3.36. The summed E-state index contributed by atoms with van der Waals surface area (Å²) in [5.74, 6) is 0.698. The Kier molecular flexibility index (Phi) is 3.84. The molecule has 0 bridgehead atoms. The van der Waals surface area contributed by atoms with Crippen molar-refractivity contribution in [2.24, 2.45) is 5.92 Å². The molecular formula is C12H17ClN2O2S. The summed E-state index contributed by atoms with van der Waals surface area (Å²) in [6.07, 6.45) is 3.34. The van der Waals surface area contributed by atoms with Gasteiger partial charge < -0.3 is 5.73 Å². The topological polar surface area (TPSA) is 72.2 Å². The van der Waals surface area contributed by atoms with E-state index in [0.717, 1.165) is 6.42 Å². The molecule has 1 aliphatic carbocycles. The summed E-state index contributed by atoms with van der Waals surface area (Å²) in [5, 5.41) is 0.379. The molecule has 0 aromatic heterocycles. The number of anilines is 1. The maximum Gasteiger partial charge on any atom is 0.240 e. The first-order valence-electron chi connectivity index (χ1n) is 5.95. The van der Waals surface area contributed by atoms with Crippen molar-refractivity contribution in [2.75, 3.05) is 12.3 Å². The molecule has 1 aliphatic rings. The van der Waals surface area contributed by atoms with Crippen LogP contribution in [0.5, 0.6) is 0 Å². The Balaban J connectivity index is 2.14. The number of nitrogen functional groups attached to an aromatic ring is 1. The summed E-state index contributed by atoms with van der Waals surface area (Å²) in [7, 11) is -3.49. The number of hydrogen-bond acceptors (Lipinski definition) is 3. The number of nitrogens with one attached hydrogen (secondary N) is 1. The predicted octanol–water partition coefficient (Wildman–Crippen LogP) is 2.31. The minimum Gasteiger partial charge on any atom is -0.397 e. The number of rotatable bonds is 5. The standard InChI is InChI=1S/C12H17ClN2O2S/c1-8-6-10(13)11(14)7-12(8)18(16,17)15-5-4-9-2-3-9/h6-7,9,15H,2-5,14H2,1H3. The molecule has 3 N–H and O–H groups in total. The summed E-state index contributed by atoms with van der Waals surface area (Å²) >= 11 is 5.85. The number of hydrogen-bond donors (Lipinski definition) is 2. The van der Waals surface area contributed by atoms with Crippen LogP contribution in [0.2, 0.25) is 5.02 Å². The van der Waals surface area contributed by atoms with Gasteiger partial charge in [-0.05, 0) is 37.0 Å². The van der Waals surface area contributed by atoms with Gasteiger partial charge in [-0.15, -0.1) is 0 Å². The van der Waals surface area contributed by atoms with Gasteiger partial charge in [0.25, 0.3) is 0 Å². The number of aryl methyl sites for hydroxylation is 1. The van der Waals surface area contributed by atoms with Crippen LogP contribution < -0.4 is 10.5 Å².